The first kappa shape index (κ1) is 33.8. The third kappa shape index (κ3) is 6.02. The molecule has 6 rings (SSSR count). The first-order valence-electron chi connectivity index (χ1n) is 16.7. The summed E-state index contributed by atoms with van der Waals surface area (Å²) in [6.45, 7) is 11.9. The van der Waals surface area contributed by atoms with E-state index >= 15 is 0 Å². The molecule has 2 amide bonds. The van der Waals surface area contributed by atoms with Crippen molar-refractivity contribution < 1.29 is 27.5 Å². The van der Waals surface area contributed by atoms with Crippen LogP contribution in [0.1, 0.15) is 118 Å². The van der Waals surface area contributed by atoms with E-state index < -0.39 is 46.2 Å². The number of hydrogen-bond acceptors (Lipinski definition) is 6. The zero-order valence-corrected chi connectivity index (χ0v) is 28.7. The highest BCUT2D eigenvalue weighted by Crippen LogP contribution is 2.53. The lowest BCUT2D eigenvalue weighted by molar-refractivity contribution is -0.138. The van der Waals surface area contributed by atoms with Crippen molar-refractivity contribution in [2.45, 2.75) is 103 Å². The largest absolute Gasteiger partial charge is 0.443 e. The van der Waals surface area contributed by atoms with E-state index in [0.29, 0.717) is 18.2 Å². The molecule has 2 saturated carbocycles. The maximum atomic E-state index is 14.8. The van der Waals surface area contributed by atoms with Crippen molar-refractivity contribution in [3.63, 3.8) is 0 Å². The Balaban J connectivity index is 1.41. The number of benzene rings is 2. The maximum absolute atomic E-state index is 14.8. The van der Waals surface area contributed by atoms with Crippen LogP contribution in [-0.2, 0) is 29.9 Å². The quantitative estimate of drug-likeness (QED) is 0.254. The average Bonchev–Trinajstić information content (AvgIpc) is 3.54. The summed E-state index contributed by atoms with van der Waals surface area (Å²) in [4.78, 5) is 28.6. The number of aromatic nitrogens is 3. The number of nitrogens with one attached hydrogen (secondary N) is 2. The van der Waals surface area contributed by atoms with Crippen molar-refractivity contribution in [2.24, 2.45) is 18.4 Å². The molecule has 2 fully saturated rings. The van der Waals surface area contributed by atoms with Gasteiger partial charge in [0.2, 0.25) is 0 Å². The van der Waals surface area contributed by atoms with E-state index in [0.717, 1.165) is 55.2 Å². The summed E-state index contributed by atoms with van der Waals surface area (Å²) >= 11 is 0. The van der Waals surface area contributed by atoms with Crippen molar-refractivity contribution in [1.29, 1.82) is 0 Å². The maximum Gasteiger partial charge on any atom is 0.416 e. The topological polar surface area (TPSA) is 101 Å². The standard InChI is InChI=1S/C36H45F3N6O3/c1-8-40-24-14-23(35(17-21(2)18-35)31-43-41-20-44(31)7)15-25(16-24)45-19-27-26(30(45)46)12-22(13-28(27)36(37,38)39)29(33(3,4)5)42-32(47)48-34(6)10-9-11-34/h12-16,20-21,29,40H,8-11,17-19H2,1-7H3,(H,42,47). The average molecular weight is 667 g/mol. The Kier molecular flexibility index (Phi) is 8.31. The summed E-state index contributed by atoms with van der Waals surface area (Å²) in [6, 6.07) is 7.51. The van der Waals surface area contributed by atoms with Crippen LogP contribution in [-0.4, -0.2) is 38.9 Å². The molecule has 1 atom stereocenters. The second-order valence-corrected chi connectivity index (χ2v) is 15.3. The molecule has 2 aliphatic carbocycles. The van der Waals surface area contributed by atoms with E-state index in [-0.39, 0.29) is 23.2 Å². The second kappa shape index (κ2) is 11.8. The molecule has 1 aliphatic heterocycles. The fraction of sp³-hybridized carbons (Fsp3) is 0.556. The first-order chi connectivity index (χ1) is 22.4. The van der Waals surface area contributed by atoms with Crippen molar-refractivity contribution >= 4 is 23.4 Å². The molecule has 48 heavy (non-hydrogen) atoms. The van der Waals surface area contributed by atoms with E-state index in [1.807, 2.05) is 64.4 Å². The lowest BCUT2D eigenvalue weighted by atomic mass is 9.58. The Morgan fingerprint density at radius 1 is 1.12 bits per heavy atom. The van der Waals surface area contributed by atoms with E-state index in [1.54, 1.807) is 6.33 Å². The van der Waals surface area contributed by atoms with Crippen LogP contribution in [0, 0.1) is 11.3 Å². The molecule has 9 nitrogen and oxygen atoms in total. The smallest absolute Gasteiger partial charge is 0.416 e. The molecular weight excluding hydrogens is 621 g/mol. The van der Waals surface area contributed by atoms with Crippen LogP contribution in [0.2, 0.25) is 0 Å². The lowest BCUT2D eigenvalue weighted by Gasteiger charge is -2.46. The van der Waals surface area contributed by atoms with Crippen LogP contribution in [0.5, 0.6) is 0 Å². The van der Waals surface area contributed by atoms with Crippen molar-refractivity contribution in [3.8, 4) is 0 Å². The minimum absolute atomic E-state index is 0.0223. The van der Waals surface area contributed by atoms with Gasteiger partial charge in [-0.1, -0.05) is 27.7 Å². The van der Waals surface area contributed by atoms with Gasteiger partial charge >= 0.3 is 12.3 Å². The van der Waals surface area contributed by atoms with Crippen LogP contribution in [0.4, 0.5) is 29.3 Å². The van der Waals surface area contributed by atoms with Gasteiger partial charge in [0.1, 0.15) is 17.8 Å². The number of anilines is 2. The highest BCUT2D eigenvalue weighted by atomic mass is 19.4. The number of carbonyl (C=O) groups is 2. The van der Waals surface area contributed by atoms with Crippen LogP contribution in [0.3, 0.4) is 0 Å². The molecule has 3 aromatic rings. The van der Waals surface area contributed by atoms with Gasteiger partial charge in [-0.15, -0.1) is 10.2 Å². The zero-order valence-electron chi connectivity index (χ0n) is 28.7. The van der Waals surface area contributed by atoms with Crippen molar-refractivity contribution in [3.05, 3.63) is 70.3 Å². The minimum Gasteiger partial charge on any atom is -0.443 e. The third-order valence-corrected chi connectivity index (χ3v) is 10.3. The minimum atomic E-state index is -4.73. The van der Waals surface area contributed by atoms with Crippen LogP contribution >= 0.6 is 0 Å². The number of nitrogens with zero attached hydrogens (tertiary/aromatic N) is 4. The molecule has 12 heteroatoms. The predicted octanol–water partition coefficient (Wildman–Crippen LogP) is 7.90. The summed E-state index contributed by atoms with van der Waals surface area (Å²) < 4.78 is 51.9. The van der Waals surface area contributed by atoms with Gasteiger partial charge in [0.25, 0.3) is 5.91 Å². The number of alkyl halides is 3. The van der Waals surface area contributed by atoms with E-state index in [1.165, 1.54) is 11.0 Å². The normalized spacial score (nSPS) is 22.4. The Hall–Kier alpha value is -4.09. The highest BCUT2D eigenvalue weighted by molar-refractivity contribution is 6.10. The molecule has 1 aromatic heterocycles. The van der Waals surface area contributed by atoms with Gasteiger partial charge in [0.05, 0.1) is 23.6 Å². The van der Waals surface area contributed by atoms with Crippen LogP contribution < -0.4 is 15.5 Å². The number of alkyl carbamates (subject to hydrolysis) is 1. The molecule has 2 aromatic carbocycles. The summed E-state index contributed by atoms with van der Waals surface area (Å²) in [5.74, 6) is 0.728. The third-order valence-electron chi connectivity index (χ3n) is 10.3. The number of ether oxygens (including phenoxy) is 1. The van der Waals surface area contributed by atoms with E-state index in [2.05, 4.69) is 27.8 Å². The molecule has 3 aliphatic rings. The highest BCUT2D eigenvalue weighted by Gasteiger charge is 2.49. The van der Waals surface area contributed by atoms with Gasteiger partial charge in [0.15, 0.2) is 0 Å². The predicted molar refractivity (Wildman–Crippen MR) is 177 cm³/mol. The monoisotopic (exact) mass is 666 g/mol. The fourth-order valence-corrected chi connectivity index (χ4v) is 7.75. The number of halogens is 3. The van der Waals surface area contributed by atoms with Gasteiger partial charge in [-0.2, -0.15) is 13.2 Å². The number of amides is 2. The van der Waals surface area contributed by atoms with Gasteiger partial charge in [0, 0.05) is 30.5 Å². The number of aryl methyl sites for hydroxylation is 1. The van der Waals surface area contributed by atoms with Gasteiger partial charge < -0.3 is 24.8 Å². The molecule has 258 valence electrons. The van der Waals surface area contributed by atoms with Crippen LogP contribution in [0.15, 0.2) is 36.7 Å². The van der Waals surface area contributed by atoms with Gasteiger partial charge in [-0.25, -0.2) is 4.79 Å². The molecule has 0 bridgehead atoms. The molecule has 2 N–H and O–H groups in total. The Bertz CT molecular complexity index is 1730. The fourth-order valence-electron chi connectivity index (χ4n) is 7.75. The van der Waals surface area contributed by atoms with E-state index in [4.69, 9.17) is 4.74 Å². The van der Waals surface area contributed by atoms with E-state index in [9.17, 15) is 22.8 Å². The molecule has 2 heterocycles. The molecular formula is C36H45F3N6O3. The summed E-state index contributed by atoms with van der Waals surface area (Å²) in [6.07, 6.45) is 0.319. The molecule has 1 unspecified atom stereocenters. The summed E-state index contributed by atoms with van der Waals surface area (Å²) in [7, 11) is 1.90. The molecule has 0 radical (unpaired) electrons. The Morgan fingerprint density at radius 2 is 1.83 bits per heavy atom. The van der Waals surface area contributed by atoms with Crippen molar-refractivity contribution in [2.75, 3.05) is 16.8 Å². The van der Waals surface area contributed by atoms with Crippen LogP contribution in [0.25, 0.3) is 0 Å². The lowest BCUT2D eigenvalue weighted by Crippen LogP contribution is -2.45. The second-order valence-electron chi connectivity index (χ2n) is 15.3. The summed E-state index contributed by atoms with van der Waals surface area (Å²) in [5.41, 5.74) is -0.301. The Labute approximate surface area is 279 Å². The summed E-state index contributed by atoms with van der Waals surface area (Å²) in [5, 5.41) is 14.8. The van der Waals surface area contributed by atoms with Gasteiger partial charge in [-0.05, 0) is 104 Å². The number of carbonyl (C=O) groups excluding carboxylic acids is 2. The molecule has 0 spiro atoms. The number of fused-ring (bicyclic) bond motifs is 1. The van der Waals surface area contributed by atoms with Crippen molar-refractivity contribution in [1.82, 2.24) is 20.1 Å². The first-order valence-corrected chi connectivity index (χ1v) is 16.7. The zero-order chi connectivity index (χ0) is 34.8. The SMILES string of the molecule is CCNc1cc(N2Cc3c(cc(C(NC(=O)OC4(C)CCC4)C(C)(C)C)cc3C(F)(F)F)C2=O)cc(C2(c3nncn3C)CC(C)C2)c1. The number of rotatable bonds is 8. The molecule has 0 saturated heterocycles. The number of hydrogen-bond donors (Lipinski definition) is 2. The van der Waals surface area contributed by atoms with Gasteiger partial charge in [-0.3, -0.25) is 4.79 Å². The Morgan fingerprint density at radius 3 is 2.38 bits per heavy atom.